The first-order chi connectivity index (χ1) is 25.8. The average molecular weight is 685 g/mol. The van der Waals surface area contributed by atoms with Crippen molar-refractivity contribution in [1.82, 2.24) is 14.5 Å². The summed E-state index contributed by atoms with van der Waals surface area (Å²) in [5, 5.41) is 2.44. The second-order valence-electron chi connectivity index (χ2n) is 13.0. The van der Waals surface area contributed by atoms with Crippen molar-refractivity contribution in [1.29, 1.82) is 0 Å². The molecule has 1 aliphatic heterocycles. The number of hydrogen-bond acceptors (Lipinski definition) is 5. The molecule has 0 spiro atoms. The Hall–Kier alpha value is -6.63. The van der Waals surface area contributed by atoms with Crippen molar-refractivity contribution in [3.05, 3.63) is 170 Å². The van der Waals surface area contributed by atoms with Crippen LogP contribution < -0.4 is 4.90 Å². The molecular weight excluding hydrogens is 657 g/mol. The van der Waals surface area contributed by atoms with Crippen LogP contribution in [-0.2, 0) is 0 Å². The highest BCUT2D eigenvalue weighted by Crippen LogP contribution is 2.54. The lowest BCUT2D eigenvalue weighted by Gasteiger charge is -2.34. The van der Waals surface area contributed by atoms with Crippen molar-refractivity contribution >= 4 is 72.8 Å². The Morgan fingerprint density at radius 2 is 1.13 bits per heavy atom. The molecule has 1 aliphatic rings. The van der Waals surface area contributed by atoms with E-state index >= 15 is 0 Å². The first-order valence-corrected chi connectivity index (χ1v) is 18.1. The minimum absolute atomic E-state index is 0.715. The number of para-hydroxylation sites is 5. The number of nitrogens with zero attached hydrogens (tertiary/aromatic N) is 4. The van der Waals surface area contributed by atoms with Gasteiger partial charge >= 0.3 is 0 Å². The number of fused-ring (bicyclic) bond motifs is 8. The number of pyridine rings is 2. The van der Waals surface area contributed by atoms with Crippen LogP contribution in [0.15, 0.2) is 184 Å². The molecular formula is C46H28N4OS. The van der Waals surface area contributed by atoms with Gasteiger partial charge in [0.25, 0.3) is 0 Å². The summed E-state index contributed by atoms with van der Waals surface area (Å²) in [5.74, 6) is 0. The van der Waals surface area contributed by atoms with E-state index < -0.39 is 0 Å². The van der Waals surface area contributed by atoms with Gasteiger partial charge in [0.1, 0.15) is 11.0 Å². The molecule has 0 saturated heterocycles. The summed E-state index contributed by atoms with van der Waals surface area (Å²) in [7, 11) is 0. The number of rotatable bonds is 4. The number of aromatic nitrogens is 3. The minimum Gasteiger partial charge on any atom is -0.453 e. The molecule has 0 amide bonds. The van der Waals surface area contributed by atoms with E-state index in [9.17, 15) is 0 Å². The average Bonchev–Trinajstić information content (AvgIpc) is 3.75. The SMILES string of the molecule is c1ccc(N2c3ccccc3Sc3cccc(-c4ccc5oc6ccc(-c7ccc8c9ccccc9n(-c9ccccc9)c8c7)nc6c5n4)c32)cc1. The highest BCUT2D eigenvalue weighted by Gasteiger charge is 2.28. The molecule has 0 atom stereocenters. The number of benzene rings is 6. The highest BCUT2D eigenvalue weighted by atomic mass is 32.2. The zero-order chi connectivity index (χ0) is 34.2. The Balaban J connectivity index is 1.07. The van der Waals surface area contributed by atoms with Crippen molar-refractivity contribution in [3.63, 3.8) is 0 Å². The van der Waals surface area contributed by atoms with Crippen LogP contribution in [0.5, 0.6) is 0 Å². The lowest BCUT2D eigenvalue weighted by atomic mass is 10.0. The monoisotopic (exact) mass is 684 g/mol. The van der Waals surface area contributed by atoms with Crippen LogP contribution in [0.4, 0.5) is 17.1 Å². The molecule has 5 nitrogen and oxygen atoms in total. The van der Waals surface area contributed by atoms with Gasteiger partial charge in [0.15, 0.2) is 11.2 Å². The van der Waals surface area contributed by atoms with Crippen LogP contribution in [0.1, 0.15) is 0 Å². The molecule has 6 heteroatoms. The van der Waals surface area contributed by atoms with Crippen LogP contribution in [0.3, 0.4) is 0 Å². The summed E-state index contributed by atoms with van der Waals surface area (Å²) in [6.07, 6.45) is 0. The molecule has 0 bridgehead atoms. The third-order valence-electron chi connectivity index (χ3n) is 9.98. The van der Waals surface area contributed by atoms with Crippen LogP contribution in [0, 0.1) is 0 Å². The number of anilines is 3. The Kier molecular flexibility index (Phi) is 6.42. The third-order valence-corrected chi connectivity index (χ3v) is 11.1. The van der Waals surface area contributed by atoms with Gasteiger partial charge in [0, 0.05) is 43.1 Å². The predicted molar refractivity (Wildman–Crippen MR) is 213 cm³/mol. The maximum Gasteiger partial charge on any atom is 0.155 e. The van der Waals surface area contributed by atoms with Crippen LogP contribution in [0.2, 0.25) is 0 Å². The molecule has 244 valence electrons. The molecule has 0 unspecified atom stereocenters. The Morgan fingerprint density at radius 1 is 0.481 bits per heavy atom. The zero-order valence-corrected chi connectivity index (χ0v) is 28.6. The van der Waals surface area contributed by atoms with E-state index in [0.717, 1.165) is 61.8 Å². The maximum absolute atomic E-state index is 6.33. The van der Waals surface area contributed by atoms with Crippen molar-refractivity contribution in [3.8, 4) is 28.2 Å². The first-order valence-electron chi connectivity index (χ1n) is 17.3. The fourth-order valence-corrected chi connectivity index (χ4v) is 8.76. The normalized spacial score (nSPS) is 12.5. The predicted octanol–water partition coefficient (Wildman–Crippen LogP) is 12.7. The molecule has 5 heterocycles. The summed E-state index contributed by atoms with van der Waals surface area (Å²) in [4.78, 5) is 15.3. The second kappa shape index (κ2) is 11.5. The number of hydrogen-bond donors (Lipinski definition) is 0. The lowest BCUT2D eigenvalue weighted by Crippen LogP contribution is -2.16. The van der Waals surface area contributed by atoms with E-state index in [2.05, 4.69) is 161 Å². The zero-order valence-electron chi connectivity index (χ0n) is 27.8. The summed E-state index contributed by atoms with van der Waals surface area (Å²) in [6, 6.07) is 59.6. The summed E-state index contributed by atoms with van der Waals surface area (Å²) in [5.41, 5.74) is 13.6. The topological polar surface area (TPSA) is 47.1 Å². The smallest absolute Gasteiger partial charge is 0.155 e. The molecule has 0 aliphatic carbocycles. The van der Waals surface area contributed by atoms with Gasteiger partial charge in [-0.15, -0.1) is 0 Å². The Morgan fingerprint density at radius 3 is 1.96 bits per heavy atom. The van der Waals surface area contributed by atoms with Gasteiger partial charge in [-0.1, -0.05) is 103 Å². The third kappa shape index (κ3) is 4.44. The molecule has 0 fully saturated rings. The first kappa shape index (κ1) is 29.1. The minimum atomic E-state index is 0.715. The molecule has 10 aromatic rings. The van der Waals surface area contributed by atoms with Crippen molar-refractivity contribution in [2.75, 3.05) is 4.90 Å². The quantitative estimate of drug-likeness (QED) is 0.185. The van der Waals surface area contributed by atoms with E-state index in [1.807, 2.05) is 18.2 Å². The van der Waals surface area contributed by atoms with Crippen LogP contribution >= 0.6 is 11.8 Å². The van der Waals surface area contributed by atoms with Gasteiger partial charge in [-0.2, -0.15) is 0 Å². The summed E-state index contributed by atoms with van der Waals surface area (Å²) >= 11 is 1.80. The Bertz CT molecular complexity index is 3000. The fraction of sp³-hybridized carbons (Fsp3) is 0. The highest BCUT2D eigenvalue weighted by molar-refractivity contribution is 7.99. The summed E-state index contributed by atoms with van der Waals surface area (Å²) in [6.45, 7) is 0. The van der Waals surface area contributed by atoms with Crippen molar-refractivity contribution < 1.29 is 4.42 Å². The molecule has 0 N–H and O–H groups in total. The van der Waals surface area contributed by atoms with Crippen LogP contribution in [-0.4, -0.2) is 14.5 Å². The molecule has 4 aromatic heterocycles. The molecule has 0 radical (unpaired) electrons. The van der Waals surface area contributed by atoms with Gasteiger partial charge < -0.3 is 13.9 Å². The molecule has 11 rings (SSSR count). The van der Waals surface area contributed by atoms with Gasteiger partial charge in [-0.05, 0) is 78.9 Å². The Labute approximate surface area is 303 Å². The van der Waals surface area contributed by atoms with E-state index in [4.69, 9.17) is 14.4 Å². The van der Waals surface area contributed by atoms with Crippen LogP contribution in [0.25, 0.3) is 72.2 Å². The van der Waals surface area contributed by atoms with E-state index in [1.54, 1.807) is 11.8 Å². The maximum atomic E-state index is 6.33. The van der Waals surface area contributed by atoms with Gasteiger partial charge in [0.05, 0.1) is 33.8 Å². The number of furan rings is 1. The molecule has 52 heavy (non-hydrogen) atoms. The van der Waals surface area contributed by atoms with Crippen molar-refractivity contribution in [2.24, 2.45) is 0 Å². The molecule has 6 aromatic carbocycles. The fourth-order valence-electron chi connectivity index (χ4n) is 7.67. The van der Waals surface area contributed by atoms with E-state index in [1.165, 1.54) is 26.1 Å². The molecule has 0 saturated carbocycles. The van der Waals surface area contributed by atoms with Gasteiger partial charge in [-0.3, -0.25) is 0 Å². The van der Waals surface area contributed by atoms with Gasteiger partial charge in [0.2, 0.25) is 0 Å². The standard InChI is InChI=1S/C46H28N4OS/c1-3-12-30(13-4-1)49-37-18-8-7-16-32(37)33-23-22-29(28-39(33)49)35-24-26-40-44(47-35)45-41(51-40)27-25-36(48-45)34-17-11-21-43-46(34)50(31-14-5-2-6-15-31)38-19-9-10-20-42(38)52-43/h1-28H. The van der Waals surface area contributed by atoms with Gasteiger partial charge in [-0.25, -0.2) is 9.97 Å². The lowest BCUT2D eigenvalue weighted by molar-refractivity contribution is 0.667. The van der Waals surface area contributed by atoms with E-state index in [-0.39, 0.29) is 0 Å². The summed E-state index contributed by atoms with van der Waals surface area (Å²) < 4.78 is 8.66. The largest absolute Gasteiger partial charge is 0.453 e. The second-order valence-corrected chi connectivity index (χ2v) is 14.1. The van der Waals surface area contributed by atoms with E-state index in [0.29, 0.717) is 11.2 Å². The van der Waals surface area contributed by atoms with Crippen molar-refractivity contribution in [2.45, 2.75) is 9.79 Å².